The Morgan fingerprint density at radius 1 is 1.24 bits per heavy atom. The molecule has 0 radical (unpaired) electrons. The third kappa shape index (κ3) is 4.97. The molecule has 0 saturated heterocycles. The van der Waals surface area contributed by atoms with E-state index in [1.54, 1.807) is 37.1 Å². The summed E-state index contributed by atoms with van der Waals surface area (Å²) in [7, 11) is 1.61. The van der Waals surface area contributed by atoms with Crippen LogP contribution in [0.4, 0.5) is 10.1 Å². The van der Waals surface area contributed by atoms with Crippen molar-refractivity contribution in [1.82, 2.24) is 5.32 Å². The molecule has 2 atom stereocenters. The average molecular weight is 417 g/mol. The average Bonchev–Trinajstić information content (AvgIpc) is 2.73. The molecule has 1 aliphatic rings. The second-order valence-electron chi connectivity index (χ2n) is 6.95. The fraction of sp³-hybridized carbons (Fsp3) is 0.364. The number of thioether (sulfide) groups is 1. The van der Waals surface area contributed by atoms with E-state index in [1.165, 1.54) is 17.8 Å². The van der Waals surface area contributed by atoms with E-state index in [0.29, 0.717) is 25.1 Å². The van der Waals surface area contributed by atoms with Crippen LogP contribution in [0, 0.1) is 11.7 Å². The summed E-state index contributed by atoms with van der Waals surface area (Å²) in [6, 6.07) is 14.0. The Hall–Kier alpha value is -2.38. The lowest BCUT2D eigenvalue weighted by Crippen LogP contribution is -2.47. The zero-order valence-corrected chi connectivity index (χ0v) is 17.4. The van der Waals surface area contributed by atoms with Crippen LogP contribution in [0.25, 0.3) is 0 Å². The van der Waals surface area contributed by atoms with Crippen molar-refractivity contribution in [3.05, 3.63) is 59.9 Å². The van der Waals surface area contributed by atoms with Crippen molar-refractivity contribution < 1.29 is 18.7 Å². The lowest BCUT2D eigenvalue weighted by atomic mass is 10.0. The van der Waals surface area contributed by atoms with Gasteiger partial charge < -0.3 is 15.0 Å². The van der Waals surface area contributed by atoms with E-state index in [-0.39, 0.29) is 24.2 Å². The highest BCUT2D eigenvalue weighted by atomic mass is 32.2. The van der Waals surface area contributed by atoms with E-state index in [0.717, 1.165) is 10.6 Å². The smallest absolute Gasteiger partial charge is 0.241 e. The summed E-state index contributed by atoms with van der Waals surface area (Å²) in [6.45, 7) is 2.95. The van der Waals surface area contributed by atoms with Gasteiger partial charge in [0.2, 0.25) is 11.8 Å². The minimum absolute atomic E-state index is 0.127. The maximum atomic E-state index is 14.2. The molecular weight excluding hydrogens is 391 g/mol. The van der Waals surface area contributed by atoms with Crippen molar-refractivity contribution in [3.63, 3.8) is 0 Å². The molecule has 0 bridgehead atoms. The highest BCUT2D eigenvalue weighted by Gasteiger charge is 2.39. The second kappa shape index (κ2) is 9.89. The van der Waals surface area contributed by atoms with Gasteiger partial charge in [0, 0.05) is 30.7 Å². The largest absolute Gasteiger partial charge is 0.385 e. The lowest BCUT2D eigenvalue weighted by Gasteiger charge is -2.35. The number of halogens is 1. The molecule has 0 fully saturated rings. The minimum Gasteiger partial charge on any atom is -0.385 e. The topological polar surface area (TPSA) is 58.6 Å². The van der Waals surface area contributed by atoms with E-state index in [1.807, 2.05) is 24.3 Å². The fourth-order valence-electron chi connectivity index (χ4n) is 3.24. The van der Waals surface area contributed by atoms with Gasteiger partial charge in [0.1, 0.15) is 11.1 Å². The molecule has 3 rings (SSSR count). The number of nitrogens with one attached hydrogen (secondary N) is 1. The van der Waals surface area contributed by atoms with Gasteiger partial charge in [-0.3, -0.25) is 9.59 Å². The van der Waals surface area contributed by atoms with Crippen molar-refractivity contribution in [2.24, 2.45) is 5.92 Å². The first-order valence-electron chi connectivity index (χ1n) is 9.60. The van der Waals surface area contributed by atoms with Crippen molar-refractivity contribution >= 4 is 29.3 Å². The van der Waals surface area contributed by atoms with Crippen LogP contribution in [0.5, 0.6) is 0 Å². The van der Waals surface area contributed by atoms with E-state index in [2.05, 4.69) is 5.32 Å². The normalized spacial score (nSPS) is 17.0. The zero-order valence-electron chi connectivity index (χ0n) is 16.6. The summed E-state index contributed by atoms with van der Waals surface area (Å²) in [4.78, 5) is 28.4. The van der Waals surface area contributed by atoms with Gasteiger partial charge in [0.15, 0.2) is 0 Å². The quantitative estimate of drug-likeness (QED) is 0.668. The summed E-state index contributed by atoms with van der Waals surface area (Å²) < 4.78 is 19.2. The van der Waals surface area contributed by atoms with Gasteiger partial charge >= 0.3 is 0 Å². The van der Waals surface area contributed by atoms with E-state index in [9.17, 15) is 14.0 Å². The van der Waals surface area contributed by atoms with Gasteiger partial charge in [0.05, 0.1) is 18.2 Å². The fourth-order valence-corrected chi connectivity index (χ4v) is 4.53. The molecule has 2 amide bonds. The number of anilines is 1. The van der Waals surface area contributed by atoms with Crippen LogP contribution in [0.2, 0.25) is 0 Å². The Kier molecular flexibility index (Phi) is 7.28. The number of nitrogens with zero attached hydrogens (tertiary/aromatic N) is 1. The van der Waals surface area contributed by atoms with Crippen LogP contribution < -0.4 is 10.2 Å². The van der Waals surface area contributed by atoms with Crippen LogP contribution in [0.3, 0.4) is 0 Å². The van der Waals surface area contributed by atoms with Crippen molar-refractivity contribution in [3.8, 4) is 0 Å². The molecule has 1 heterocycles. The molecule has 0 aliphatic carbocycles. The molecule has 29 heavy (non-hydrogen) atoms. The van der Waals surface area contributed by atoms with Gasteiger partial charge in [-0.15, -0.1) is 11.8 Å². The number of para-hydroxylation sites is 1. The molecule has 2 aromatic rings. The molecule has 2 aromatic carbocycles. The Morgan fingerprint density at radius 2 is 1.97 bits per heavy atom. The maximum absolute atomic E-state index is 14.2. The van der Waals surface area contributed by atoms with Crippen molar-refractivity contribution in [1.29, 1.82) is 0 Å². The number of benzene rings is 2. The van der Waals surface area contributed by atoms with Crippen LogP contribution >= 0.6 is 11.8 Å². The molecule has 1 aliphatic heterocycles. The number of carbonyl (C=O) groups excluding carboxylic acids is 2. The van der Waals surface area contributed by atoms with Gasteiger partial charge in [-0.1, -0.05) is 37.3 Å². The van der Waals surface area contributed by atoms with Gasteiger partial charge in [-0.25, -0.2) is 4.39 Å². The third-order valence-corrected chi connectivity index (χ3v) is 6.36. The summed E-state index contributed by atoms with van der Waals surface area (Å²) in [5.41, 5.74) is 1.19. The Balaban J connectivity index is 1.81. The number of amides is 2. The third-order valence-electron chi connectivity index (χ3n) is 4.90. The Labute approximate surface area is 174 Å². The first kappa shape index (κ1) is 21.3. The molecule has 0 spiro atoms. The molecule has 0 saturated carbocycles. The number of carbonyl (C=O) groups is 2. The SMILES string of the molecule is COCCCNC(=O)[C@@H](C)[C@@H]1Sc2ccccc2N(Cc2ccccc2F)C1=O. The number of fused-ring (bicyclic) bond motifs is 1. The summed E-state index contributed by atoms with van der Waals surface area (Å²) in [5.74, 6) is -1.23. The first-order chi connectivity index (χ1) is 14.0. The van der Waals surface area contributed by atoms with Crippen LogP contribution in [-0.2, 0) is 20.9 Å². The van der Waals surface area contributed by atoms with Crippen molar-refractivity contribution in [2.75, 3.05) is 25.2 Å². The van der Waals surface area contributed by atoms with Gasteiger partial charge in [-0.2, -0.15) is 0 Å². The minimum atomic E-state index is -0.570. The molecule has 5 nitrogen and oxygen atoms in total. The second-order valence-corrected chi connectivity index (χ2v) is 8.13. The summed E-state index contributed by atoms with van der Waals surface area (Å²) >= 11 is 1.39. The van der Waals surface area contributed by atoms with Crippen LogP contribution in [0.1, 0.15) is 18.9 Å². The summed E-state index contributed by atoms with van der Waals surface area (Å²) in [6.07, 6.45) is 0.711. The number of hydrogen-bond acceptors (Lipinski definition) is 4. The number of ether oxygens (including phenoxy) is 1. The van der Waals surface area contributed by atoms with E-state index < -0.39 is 11.2 Å². The molecule has 154 valence electrons. The van der Waals surface area contributed by atoms with E-state index >= 15 is 0 Å². The highest BCUT2D eigenvalue weighted by molar-refractivity contribution is 8.01. The van der Waals surface area contributed by atoms with E-state index in [4.69, 9.17) is 4.74 Å². The van der Waals surface area contributed by atoms with Gasteiger partial charge in [0.25, 0.3) is 0 Å². The molecule has 7 heteroatoms. The lowest BCUT2D eigenvalue weighted by molar-refractivity contribution is -0.128. The van der Waals surface area contributed by atoms with Crippen LogP contribution in [0.15, 0.2) is 53.4 Å². The monoisotopic (exact) mass is 416 g/mol. The number of hydrogen-bond donors (Lipinski definition) is 1. The van der Waals surface area contributed by atoms with Crippen molar-refractivity contribution in [2.45, 2.75) is 30.0 Å². The predicted octanol–water partition coefficient (Wildman–Crippen LogP) is 3.62. The molecule has 1 N–H and O–H groups in total. The highest BCUT2D eigenvalue weighted by Crippen LogP contribution is 2.42. The molecular formula is C22H25FN2O3S. The zero-order chi connectivity index (χ0) is 20.8. The van der Waals surface area contributed by atoms with Gasteiger partial charge in [-0.05, 0) is 24.6 Å². The summed E-state index contributed by atoms with van der Waals surface area (Å²) in [5, 5.41) is 2.30. The maximum Gasteiger partial charge on any atom is 0.241 e. The molecule has 0 unspecified atom stereocenters. The first-order valence-corrected chi connectivity index (χ1v) is 10.5. The molecule has 0 aromatic heterocycles. The standard InChI is InChI=1S/C22H25FN2O3S/c1-15(21(26)24-12-7-13-28-2)20-22(27)25(14-16-8-3-4-9-17(16)23)18-10-5-6-11-19(18)29-20/h3-6,8-11,15,20H,7,12-14H2,1-2H3,(H,24,26)/t15-,20-/m0/s1. The number of rotatable bonds is 8. The number of methoxy groups -OCH3 is 1. The predicted molar refractivity (Wildman–Crippen MR) is 112 cm³/mol. The Bertz CT molecular complexity index is 877. The Morgan fingerprint density at radius 3 is 2.72 bits per heavy atom. The van der Waals surface area contributed by atoms with Crippen LogP contribution in [-0.4, -0.2) is 37.3 Å².